The molecule has 2 atom stereocenters. The van der Waals surface area contributed by atoms with E-state index in [1.54, 1.807) is 24.3 Å². The van der Waals surface area contributed by atoms with E-state index in [4.69, 9.17) is 4.74 Å². The monoisotopic (exact) mass is 490 g/mol. The van der Waals surface area contributed by atoms with E-state index >= 15 is 4.39 Å². The van der Waals surface area contributed by atoms with Crippen LogP contribution in [0.5, 0.6) is 5.75 Å². The predicted octanol–water partition coefficient (Wildman–Crippen LogP) is 3.17. The van der Waals surface area contributed by atoms with E-state index in [9.17, 15) is 30.8 Å². The standard InChI is InChI=1S/C21H19F5N2O4S/c22-18-12-4-3-6-14(18)13-5-1-2-7-16(13)32-9-8-17(29)28-11-21(25,26)19(15(28)10-12)27-33(30,31)20(23)24/h1-7,15,19-20,27H,8-11H2. The van der Waals surface area contributed by atoms with Gasteiger partial charge >= 0.3 is 5.76 Å². The van der Waals surface area contributed by atoms with Crippen LogP contribution >= 0.6 is 0 Å². The first-order valence-electron chi connectivity index (χ1n) is 9.97. The fourth-order valence-corrected chi connectivity index (χ4v) is 4.96. The lowest BCUT2D eigenvalue weighted by molar-refractivity contribution is -0.133. The van der Waals surface area contributed by atoms with Gasteiger partial charge in [-0.05, 0) is 18.1 Å². The zero-order valence-electron chi connectivity index (χ0n) is 17.0. The van der Waals surface area contributed by atoms with Crippen LogP contribution in [-0.4, -0.2) is 56.1 Å². The van der Waals surface area contributed by atoms with Gasteiger partial charge in [0.1, 0.15) is 17.6 Å². The molecule has 2 heterocycles. The molecule has 1 saturated heterocycles. The Labute approximate surface area is 186 Å². The van der Waals surface area contributed by atoms with Crippen LogP contribution in [0.25, 0.3) is 11.1 Å². The summed E-state index contributed by atoms with van der Waals surface area (Å²) >= 11 is 0. The molecule has 2 bridgehead atoms. The second kappa shape index (κ2) is 8.56. The molecule has 0 aliphatic carbocycles. The number of amides is 1. The van der Waals surface area contributed by atoms with Gasteiger partial charge in [-0.1, -0.05) is 36.4 Å². The molecular weight excluding hydrogens is 471 g/mol. The van der Waals surface area contributed by atoms with Crippen molar-refractivity contribution in [3.05, 3.63) is 53.8 Å². The molecule has 4 rings (SSSR count). The number of nitrogens with zero attached hydrogens (tertiary/aromatic N) is 1. The van der Waals surface area contributed by atoms with E-state index in [0.29, 0.717) is 16.2 Å². The molecule has 1 amide bonds. The smallest absolute Gasteiger partial charge is 0.350 e. The summed E-state index contributed by atoms with van der Waals surface area (Å²) in [6.07, 6.45) is -0.841. The largest absolute Gasteiger partial charge is 0.492 e. The average Bonchev–Trinajstić information content (AvgIpc) is 2.99. The van der Waals surface area contributed by atoms with Crippen molar-refractivity contribution in [3.63, 3.8) is 0 Å². The Bertz CT molecular complexity index is 1170. The number of carbonyl (C=O) groups is 1. The van der Waals surface area contributed by atoms with E-state index in [0.717, 1.165) is 0 Å². The molecule has 12 heteroatoms. The molecule has 0 spiro atoms. The number of para-hydroxylation sites is 1. The molecule has 1 N–H and O–H groups in total. The number of benzene rings is 2. The van der Waals surface area contributed by atoms with Gasteiger partial charge in [-0.15, -0.1) is 0 Å². The number of alkyl halides is 4. The van der Waals surface area contributed by atoms with Crippen molar-refractivity contribution in [2.24, 2.45) is 0 Å². The predicted molar refractivity (Wildman–Crippen MR) is 108 cm³/mol. The Hall–Kier alpha value is -2.73. The van der Waals surface area contributed by atoms with Crippen LogP contribution in [0.15, 0.2) is 42.5 Å². The van der Waals surface area contributed by atoms with E-state index in [2.05, 4.69) is 0 Å². The number of carbonyl (C=O) groups excluding carboxylic acids is 1. The number of hydrogen-bond acceptors (Lipinski definition) is 4. The summed E-state index contributed by atoms with van der Waals surface area (Å²) < 4.78 is 101. The summed E-state index contributed by atoms with van der Waals surface area (Å²) in [5.41, 5.74) is 0.425. The van der Waals surface area contributed by atoms with E-state index in [1.807, 2.05) is 0 Å². The van der Waals surface area contributed by atoms with Gasteiger partial charge in [-0.3, -0.25) is 4.79 Å². The summed E-state index contributed by atoms with van der Waals surface area (Å²) in [5, 5.41) is 0. The molecule has 0 saturated carbocycles. The highest BCUT2D eigenvalue weighted by molar-refractivity contribution is 7.89. The van der Waals surface area contributed by atoms with Crippen LogP contribution in [-0.2, 0) is 21.2 Å². The molecule has 33 heavy (non-hydrogen) atoms. The Morgan fingerprint density at radius 2 is 1.79 bits per heavy atom. The minimum atomic E-state index is -5.41. The number of sulfonamides is 1. The fourth-order valence-electron chi connectivity index (χ4n) is 4.18. The van der Waals surface area contributed by atoms with Crippen LogP contribution in [0.2, 0.25) is 0 Å². The lowest BCUT2D eigenvalue weighted by Crippen LogP contribution is -2.53. The Morgan fingerprint density at radius 1 is 1.09 bits per heavy atom. The fraction of sp³-hybridized carbons (Fsp3) is 0.381. The van der Waals surface area contributed by atoms with Crippen molar-refractivity contribution in [2.75, 3.05) is 13.2 Å². The van der Waals surface area contributed by atoms with Gasteiger partial charge in [0.15, 0.2) is 0 Å². The first-order valence-corrected chi connectivity index (χ1v) is 11.5. The van der Waals surface area contributed by atoms with Crippen LogP contribution in [0.3, 0.4) is 0 Å². The second-order valence-corrected chi connectivity index (χ2v) is 9.51. The minimum absolute atomic E-state index is 0.0791. The van der Waals surface area contributed by atoms with Crippen molar-refractivity contribution in [3.8, 4) is 16.9 Å². The molecule has 2 aromatic rings. The molecule has 0 aromatic heterocycles. The van der Waals surface area contributed by atoms with Gasteiger partial charge in [0, 0.05) is 11.1 Å². The van der Waals surface area contributed by atoms with Crippen molar-refractivity contribution >= 4 is 15.9 Å². The molecule has 6 nitrogen and oxygen atoms in total. The summed E-state index contributed by atoms with van der Waals surface area (Å²) in [6.45, 7) is -1.41. The van der Waals surface area contributed by atoms with Crippen LogP contribution in [0.4, 0.5) is 22.0 Å². The van der Waals surface area contributed by atoms with Gasteiger partial charge < -0.3 is 9.64 Å². The lowest BCUT2D eigenvalue weighted by Gasteiger charge is -2.29. The summed E-state index contributed by atoms with van der Waals surface area (Å²) in [5.74, 6) is -9.08. The molecule has 2 unspecified atom stereocenters. The number of rotatable bonds is 3. The maximum Gasteiger partial charge on any atom is 0.350 e. The van der Waals surface area contributed by atoms with Gasteiger partial charge in [0.2, 0.25) is 5.91 Å². The van der Waals surface area contributed by atoms with Crippen LogP contribution < -0.4 is 9.46 Å². The second-order valence-electron chi connectivity index (χ2n) is 7.83. The minimum Gasteiger partial charge on any atom is -0.492 e. The molecule has 2 aliphatic rings. The summed E-state index contributed by atoms with van der Waals surface area (Å²) in [4.78, 5) is 13.5. The highest BCUT2D eigenvalue weighted by atomic mass is 32.2. The zero-order chi connectivity index (χ0) is 24.0. The summed E-state index contributed by atoms with van der Waals surface area (Å²) in [6, 6.07) is 6.79. The maximum absolute atomic E-state index is 15.5. The third-order valence-corrected chi connectivity index (χ3v) is 6.78. The highest BCUT2D eigenvalue weighted by Crippen LogP contribution is 2.38. The van der Waals surface area contributed by atoms with Crippen molar-refractivity contribution in [1.82, 2.24) is 9.62 Å². The Kier molecular flexibility index (Phi) is 6.08. The molecule has 2 aromatic carbocycles. The quantitative estimate of drug-likeness (QED) is 0.671. The molecular formula is C21H19F5N2O4S. The number of halogens is 5. The first-order chi connectivity index (χ1) is 15.5. The molecule has 2 aliphatic heterocycles. The van der Waals surface area contributed by atoms with E-state index in [1.165, 1.54) is 22.9 Å². The third kappa shape index (κ3) is 4.41. The van der Waals surface area contributed by atoms with E-state index in [-0.39, 0.29) is 24.2 Å². The normalized spacial score (nSPS) is 22.7. The van der Waals surface area contributed by atoms with Gasteiger partial charge in [0.05, 0.1) is 25.6 Å². The first kappa shape index (κ1) is 23.4. The number of nitrogens with one attached hydrogen (secondary N) is 1. The van der Waals surface area contributed by atoms with Crippen molar-refractivity contribution in [2.45, 2.75) is 36.6 Å². The Morgan fingerprint density at radius 3 is 2.52 bits per heavy atom. The molecule has 1 fully saturated rings. The third-order valence-electron chi connectivity index (χ3n) is 5.73. The molecule has 0 radical (unpaired) electrons. The Balaban J connectivity index is 1.82. The van der Waals surface area contributed by atoms with E-state index < -0.39 is 58.5 Å². The summed E-state index contributed by atoms with van der Waals surface area (Å²) in [7, 11) is -5.41. The highest BCUT2D eigenvalue weighted by Gasteiger charge is 2.57. The van der Waals surface area contributed by atoms with Crippen molar-refractivity contribution in [1.29, 1.82) is 0 Å². The topological polar surface area (TPSA) is 75.7 Å². The van der Waals surface area contributed by atoms with Gasteiger partial charge in [0.25, 0.3) is 15.9 Å². The van der Waals surface area contributed by atoms with Crippen LogP contribution in [0, 0.1) is 5.82 Å². The maximum atomic E-state index is 15.5. The number of hydrogen-bond donors (Lipinski definition) is 1. The SMILES string of the molecule is O=C1CCOc2ccccc2-c2cccc(c2F)CC2C(NS(=O)(=O)C(F)F)C(F)(F)CN12. The van der Waals surface area contributed by atoms with Gasteiger partial charge in [-0.25, -0.2) is 21.6 Å². The average molecular weight is 490 g/mol. The zero-order valence-corrected chi connectivity index (χ0v) is 17.8. The number of fused-ring (bicyclic) bond motifs is 5. The molecule has 178 valence electrons. The number of ether oxygens (including phenoxy) is 1. The van der Waals surface area contributed by atoms with Crippen LogP contribution in [0.1, 0.15) is 12.0 Å². The van der Waals surface area contributed by atoms with Gasteiger partial charge in [-0.2, -0.15) is 13.5 Å². The lowest BCUT2D eigenvalue weighted by atomic mass is 9.94. The van der Waals surface area contributed by atoms with Crippen molar-refractivity contribution < 1.29 is 39.9 Å².